The molecule has 0 aliphatic heterocycles. The minimum absolute atomic E-state index is 0.0312. The van der Waals surface area contributed by atoms with Crippen LogP contribution in [0.15, 0.2) is 36.5 Å². The molecule has 0 aliphatic rings. The highest BCUT2D eigenvalue weighted by molar-refractivity contribution is 6.02. The number of rotatable bonds is 4. The fourth-order valence-corrected chi connectivity index (χ4v) is 2.00. The van der Waals surface area contributed by atoms with Gasteiger partial charge in [-0.25, -0.2) is 4.98 Å². The molecule has 19 heavy (non-hydrogen) atoms. The number of aromatic nitrogens is 1. The van der Waals surface area contributed by atoms with Crippen LogP contribution in [0.5, 0.6) is 5.75 Å². The molecule has 98 valence electrons. The van der Waals surface area contributed by atoms with Gasteiger partial charge in [-0.2, -0.15) is 0 Å². The van der Waals surface area contributed by atoms with Crippen molar-refractivity contribution in [2.24, 2.45) is 0 Å². The fourth-order valence-electron chi connectivity index (χ4n) is 2.00. The van der Waals surface area contributed by atoms with E-state index in [1.165, 1.54) is 0 Å². The van der Waals surface area contributed by atoms with Gasteiger partial charge in [-0.3, -0.25) is 4.79 Å². The molecule has 0 atom stereocenters. The molecule has 0 saturated carbocycles. The molecule has 2 rings (SSSR count). The summed E-state index contributed by atoms with van der Waals surface area (Å²) in [5.74, 6) is 0.991. The summed E-state index contributed by atoms with van der Waals surface area (Å²) in [5, 5.41) is 0. The van der Waals surface area contributed by atoms with Crippen molar-refractivity contribution in [2.75, 3.05) is 12.8 Å². The number of nitrogen functional groups attached to an aromatic ring is 1. The number of ketones is 1. The minimum atomic E-state index is -0.0312. The molecular formula is C15H16N2O2. The highest BCUT2D eigenvalue weighted by Gasteiger charge is 2.14. The largest absolute Gasteiger partial charge is 0.497 e. The van der Waals surface area contributed by atoms with Crippen LogP contribution in [0.4, 0.5) is 5.82 Å². The number of carbonyl (C=O) groups excluding carboxylic acids is 1. The standard InChI is InChI=1S/C15H16N2O2/c1-10-6-7-17-15(16)14(10)13(18)9-11-4-3-5-12(8-11)19-2/h3-8H,9H2,1-2H3,(H2,16,17). The highest BCUT2D eigenvalue weighted by atomic mass is 16.5. The third-order valence-corrected chi connectivity index (χ3v) is 2.97. The number of hydrogen-bond acceptors (Lipinski definition) is 4. The molecule has 1 aromatic heterocycles. The zero-order chi connectivity index (χ0) is 13.8. The van der Waals surface area contributed by atoms with Gasteiger partial charge in [0, 0.05) is 12.6 Å². The number of hydrogen-bond donors (Lipinski definition) is 1. The van der Waals surface area contributed by atoms with E-state index < -0.39 is 0 Å². The topological polar surface area (TPSA) is 65.2 Å². The molecule has 0 amide bonds. The predicted molar refractivity (Wildman–Crippen MR) is 74.4 cm³/mol. The average Bonchev–Trinajstić information content (AvgIpc) is 2.38. The molecule has 4 nitrogen and oxygen atoms in total. The lowest BCUT2D eigenvalue weighted by Gasteiger charge is -2.08. The van der Waals surface area contributed by atoms with E-state index in [1.54, 1.807) is 19.4 Å². The van der Waals surface area contributed by atoms with E-state index in [9.17, 15) is 4.79 Å². The highest BCUT2D eigenvalue weighted by Crippen LogP contribution is 2.18. The van der Waals surface area contributed by atoms with Crippen LogP contribution >= 0.6 is 0 Å². The maximum Gasteiger partial charge on any atom is 0.171 e. The molecule has 0 aliphatic carbocycles. The first kappa shape index (κ1) is 13.1. The van der Waals surface area contributed by atoms with Gasteiger partial charge < -0.3 is 10.5 Å². The number of aryl methyl sites for hydroxylation is 1. The van der Waals surface area contributed by atoms with Crippen LogP contribution < -0.4 is 10.5 Å². The van der Waals surface area contributed by atoms with Crippen LogP contribution in [0.25, 0.3) is 0 Å². The normalized spacial score (nSPS) is 10.2. The Kier molecular flexibility index (Phi) is 3.80. The Bertz CT molecular complexity index is 589. The van der Waals surface area contributed by atoms with Gasteiger partial charge in [0.15, 0.2) is 5.78 Å². The quantitative estimate of drug-likeness (QED) is 0.853. The zero-order valence-electron chi connectivity index (χ0n) is 11.0. The summed E-state index contributed by atoms with van der Waals surface area (Å²) in [7, 11) is 1.60. The van der Waals surface area contributed by atoms with Crippen LogP contribution in [0.2, 0.25) is 0 Å². The van der Waals surface area contributed by atoms with Crippen molar-refractivity contribution in [3.8, 4) is 5.75 Å². The van der Waals surface area contributed by atoms with Gasteiger partial charge in [0.1, 0.15) is 11.6 Å². The lowest BCUT2D eigenvalue weighted by atomic mass is 10.00. The number of ether oxygens (including phenoxy) is 1. The fraction of sp³-hybridized carbons (Fsp3) is 0.200. The second kappa shape index (κ2) is 5.52. The third-order valence-electron chi connectivity index (χ3n) is 2.97. The SMILES string of the molecule is COc1cccc(CC(=O)c2c(C)ccnc2N)c1. The summed E-state index contributed by atoms with van der Waals surface area (Å²) >= 11 is 0. The lowest BCUT2D eigenvalue weighted by molar-refractivity contribution is 0.0993. The number of pyridine rings is 1. The molecule has 4 heteroatoms. The summed E-state index contributed by atoms with van der Waals surface area (Å²) < 4.78 is 5.14. The Morgan fingerprint density at radius 3 is 2.84 bits per heavy atom. The van der Waals surface area contributed by atoms with Gasteiger partial charge in [-0.05, 0) is 36.2 Å². The van der Waals surface area contributed by atoms with Crippen molar-refractivity contribution in [3.63, 3.8) is 0 Å². The lowest BCUT2D eigenvalue weighted by Crippen LogP contribution is -2.10. The minimum Gasteiger partial charge on any atom is -0.497 e. The van der Waals surface area contributed by atoms with Gasteiger partial charge in [0.25, 0.3) is 0 Å². The van der Waals surface area contributed by atoms with Gasteiger partial charge in [0.2, 0.25) is 0 Å². The number of nitrogens with zero attached hydrogens (tertiary/aromatic N) is 1. The second-order valence-corrected chi connectivity index (χ2v) is 4.34. The van der Waals surface area contributed by atoms with E-state index in [2.05, 4.69) is 4.98 Å². The van der Waals surface area contributed by atoms with Gasteiger partial charge in [-0.1, -0.05) is 12.1 Å². The van der Waals surface area contributed by atoms with Gasteiger partial charge >= 0.3 is 0 Å². The van der Waals surface area contributed by atoms with Gasteiger partial charge in [-0.15, -0.1) is 0 Å². The Balaban J connectivity index is 2.26. The van der Waals surface area contributed by atoms with Crippen molar-refractivity contribution in [1.82, 2.24) is 4.98 Å². The van der Waals surface area contributed by atoms with Crippen molar-refractivity contribution in [1.29, 1.82) is 0 Å². The third kappa shape index (κ3) is 2.91. The Morgan fingerprint density at radius 2 is 2.16 bits per heavy atom. The molecular weight excluding hydrogens is 240 g/mol. The van der Waals surface area contributed by atoms with E-state index in [1.807, 2.05) is 31.2 Å². The summed E-state index contributed by atoms with van der Waals surface area (Å²) in [6, 6.07) is 9.23. The maximum absolute atomic E-state index is 12.3. The molecule has 0 unspecified atom stereocenters. The van der Waals surface area contributed by atoms with Gasteiger partial charge in [0.05, 0.1) is 12.7 Å². The van der Waals surface area contributed by atoms with E-state index in [4.69, 9.17) is 10.5 Å². The van der Waals surface area contributed by atoms with Crippen molar-refractivity contribution >= 4 is 11.6 Å². The van der Waals surface area contributed by atoms with Crippen molar-refractivity contribution < 1.29 is 9.53 Å². The van der Waals surface area contributed by atoms with Crippen LogP contribution in [-0.4, -0.2) is 17.9 Å². The second-order valence-electron chi connectivity index (χ2n) is 4.34. The molecule has 0 spiro atoms. The first-order valence-electron chi connectivity index (χ1n) is 5.99. The zero-order valence-corrected chi connectivity index (χ0v) is 11.0. The Labute approximate surface area is 112 Å². The first-order valence-corrected chi connectivity index (χ1v) is 5.99. The van der Waals surface area contributed by atoms with E-state index >= 15 is 0 Å². The summed E-state index contributed by atoms with van der Waals surface area (Å²) in [6.45, 7) is 1.86. The van der Waals surface area contributed by atoms with E-state index in [0.29, 0.717) is 5.56 Å². The number of nitrogens with two attached hydrogens (primary N) is 1. The Hall–Kier alpha value is -2.36. The monoisotopic (exact) mass is 256 g/mol. The molecule has 1 aromatic carbocycles. The maximum atomic E-state index is 12.3. The van der Waals surface area contributed by atoms with Crippen LogP contribution in [0.3, 0.4) is 0 Å². The van der Waals surface area contributed by atoms with E-state index in [0.717, 1.165) is 16.9 Å². The summed E-state index contributed by atoms with van der Waals surface area (Å²) in [5.41, 5.74) is 8.02. The number of methoxy groups -OCH3 is 1. The summed E-state index contributed by atoms with van der Waals surface area (Å²) in [4.78, 5) is 16.3. The molecule has 0 saturated heterocycles. The first-order chi connectivity index (χ1) is 9.11. The summed E-state index contributed by atoms with van der Waals surface area (Å²) in [6.07, 6.45) is 1.89. The van der Waals surface area contributed by atoms with E-state index in [-0.39, 0.29) is 18.0 Å². The average molecular weight is 256 g/mol. The number of Topliss-reactive ketones (excluding diaryl/α,β-unsaturated/α-hetero) is 1. The van der Waals surface area contributed by atoms with Crippen molar-refractivity contribution in [2.45, 2.75) is 13.3 Å². The molecule has 2 N–H and O–H groups in total. The molecule has 0 bridgehead atoms. The van der Waals surface area contributed by atoms with Crippen LogP contribution in [0.1, 0.15) is 21.5 Å². The number of carbonyl (C=O) groups is 1. The molecule has 0 radical (unpaired) electrons. The molecule has 1 heterocycles. The van der Waals surface area contributed by atoms with Crippen LogP contribution in [-0.2, 0) is 6.42 Å². The smallest absolute Gasteiger partial charge is 0.171 e. The number of anilines is 1. The van der Waals surface area contributed by atoms with Crippen molar-refractivity contribution in [3.05, 3.63) is 53.2 Å². The van der Waals surface area contributed by atoms with Crippen LogP contribution in [0, 0.1) is 6.92 Å². The predicted octanol–water partition coefficient (Wildman–Crippen LogP) is 2.41. The number of benzene rings is 1. The molecule has 0 fully saturated rings. The molecule has 2 aromatic rings. The Morgan fingerprint density at radius 1 is 1.37 bits per heavy atom.